The second-order valence-electron chi connectivity index (χ2n) is 8.58. The van der Waals surface area contributed by atoms with Crippen LogP contribution in [0.1, 0.15) is 37.1 Å². The molecule has 0 radical (unpaired) electrons. The Kier molecular flexibility index (Phi) is 10.7. The van der Waals surface area contributed by atoms with E-state index in [4.69, 9.17) is 29.0 Å². The molecule has 0 saturated heterocycles. The quantitative estimate of drug-likeness (QED) is 0.0977. The summed E-state index contributed by atoms with van der Waals surface area (Å²) in [6.07, 6.45) is -0.926. The van der Waals surface area contributed by atoms with Crippen LogP contribution in [0.5, 0.6) is 6.01 Å². The fourth-order valence-corrected chi connectivity index (χ4v) is 6.19. The molecule has 2 atom stereocenters. The third-order valence-corrected chi connectivity index (χ3v) is 8.25. The molecule has 0 spiro atoms. The molecular weight excluding hydrogens is 601 g/mol. The summed E-state index contributed by atoms with van der Waals surface area (Å²) in [7, 11) is -1.95. The summed E-state index contributed by atoms with van der Waals surface area (Å²) < 4.78 is 44.0. The van der Waals surface area contributed by atoms with Gasteiger partial charge < -0.3 is 29.0 Å². The van der Waals surface area contributed by atoms with E-state index in [1.807, 2.05) is 65.2 Å². The average Bonchev–Trinajstić information content (AvgIpc) is 3.28. The number of fused-ring (bicyclic) bond motifs is 1. The Bertz CT molecular complexity index is 1420. The van der Waals surface area contributed by atoms with Crippen molar-refractivity contribution in [1.82, 2.24) is 19.5 Å². The summed E-state index contributed by atoms with van der Waals surface area (Å²) in [6, 6.07) is 19.0. The highest BCUT2D eigenvalue weighted by Crippen LogP contribution is 2.50. The molecule has 40 heavy (non-hydrogen) atoms. The Labute approximate surface area is 241 Å². The van der Waals surface area contributed by atoms with Gasteiger partial charge in [-0.15, -0.1) is 0 Å². The van der Waals surface area contributed by atoms with Gasteiger partial charge in [-0.2, -0.15) is 9.97 Å². The fourth-order valence-electron chi connectivity index (χ4n) is 4.27. The zero-order valence-electron chi connectivity index (χ0n) is 22.6. The summed E-state index contributed by atoms with van der Waals surface area (Å²) in [4.78, 5) is 13.6. The maximum atomic E-state index is 13.4. The number of nitrogens with two attached hydrogens (primary N) is 1. The van der Waals surface area contributed by atoms with Crippen molar-refractivity contribution in [2.24, 2.45) is 0 Å². The third-order valence-electron chi connectivity index (χ3n) is 5.92. The Balaban J connectivity index is 1.88. The van der Waals surface area contributed by atoms with Gasteiger partial charge in [0.05, 0.1) is 25.9 Å². The number of benzene rings is 2. The molecule has 13 heteroatoms. The van der Waals surface area contributed by atoms with Crippen molar-refractivity contribution in [2.45, 2.75) is 26.0 Å². The summed E-state index contributed by atoms with van der Waals surface area (Å²) >= 11 is 3.62. The molecule has 0 aliphatic carbocycles. The first-order valence-electron chi connectivity index (χ1n) is 12.8. The highest BCUT2D eigenvalue weighted by molar-refractivity contribution is 9.10. The van der Waals surface area contributed by atoms with E-state index in [-0.39, 0.29) is 38.0 Å². The number of aromatic nitrogens is 4. The van der Waals surface area contributed by atoms with E-state index in [9.17, 15) is 4.57 Å². The van der Waals surface area contributed by atoms with E-state index >= 15 is 0 Å². The number of anilines is 1. The van der Waals surface area contributed by atoms with Gasteiger partial charge in [0.25, 0.3) is 0 Å². The second kappa shape index (κ2) is 14.2. The zero-order chi connectivity index (χ0) is 28.5. The fraction of sp³-hybridized carbons (Fsp3) is 0.370. The number of nitrogens with zero attached hydrogens (tertiary/aromatic N) is 4. The average molecular weight is 634 g/mol. The SMILES string of the molecule is CCOP(=O)(CO[C@H](c1ccccc1)[C@@H](c1ccccc1)n1c(Br)nc2c(N)nc(OCCOC)nc21)OCC. The third kappa shape index (κ3) is 7.06. The highest BCUT2D eigenvalue weighted by atomic mass is 79.9. The largest absolute Gasteiger partial charge is 0.461 e. The van der Waals surface area contributed by atoms with Gasteiger partial charge in [-0.3, -0.25) is 9.13 Å². The number of ether oxygens (including phenoxy) is 3. The number of nitrogen functional groups attached to an aromatic ring is 1. The van der Waals surface area contributed by atoms with Gasteiger partial charge in [0, 0.05) is 7.11 Å². The first-order valence-corrected chi connectivity index (χ1v) is 15.3. The number of methoxy groups -OCH3 is 1. The van der Waals surface area contributed by atoms with Gasteiger partial charge in [-0.05, 0) is 40.9 Å². The molecule has 0 unspecified atom stereocenters. The number of rotatable bonds is 15. The van der Waals surface area contributed by atoms with Crippen molar-refractivity contribution < 1.29 is 27.8 Å². The topological polar surface area (TPSA) is 133 Å². The molecule has 0 aliphatic rings. The van der Waals surface area contributed by atoms with Gasteiger partial charge >= 0.3 is 13.6 Å². The highest BCUT2D eigenvalue weighted by Gasteiger charge is 2.35. The van der Waals surface area contributed by atoms with Crippen LogP contribution in [0.15, 0.2) is 65.4 Å². The second-order valence-corrected chi connectivity index (χ2v) is 11.3. The van der Waals surface area contributed by atoms with Crippen LogP contribution in [0.4, 0.5) is 5.82 Å². The number of hydrogen-bond acceptors (Lipinski definition) is 10. The lowest BCUT2D eigenvalue weighted by atomic mass is 9.95. The molecule has 0 aliphatic heterocycles. The van der Waals surface area contributed by atoms with E-state index in [0.29, 0.717) is 22.5 Å². The van der Waals surface area contributed by atoms with E-state index in [1.54, 1.807) is 21.0 Å². The molecule has 2 N–H and O–H groups in total. The van der Waals surface area contributed by atoms with Crippen LogP contribution < -0.4 is 10.5 Å². The maximum absolute atomic E-state index is 13.4. The van der Waals surface area contributed by atoms with Crippen molar-refractivity contribution in [3.8, 4) is 6.01 Å². The van der Waals surface area contributed by atoms with Crippen molar-refractivity contribution in [3.05, 3.63) is 76.5 Å². The molecule has 2 heterocycles. The summed E-state index contributed by atoms with van der Waals surface area (Å²) in [5.74, 6) is 0.165. The van der Waals surface area contributed by atoms with Crippen LogP contribution >= 0.6 is 23.5 Å². The molecule has 0 bridgehead atoms. The van der Waals surface area contributed by atoms with Gasteiger partial charge in [-0.1, -0.05) is 60.7 Å². The molecule has 0 saturated carbocycles. The van der Waals surface area contributed by atoms with Gasteiger partial charge in [-0.25, -0.2) is 4.98 Å². The lowest BCUT2D eigenvalue weighted by molar-refractivity contribution is 0.0395. The Hall–Kier alpha value is -2.86. The van der Waals surface area contributed by atoms with E-state index in [0.717, 1.165) is 11.1 Å². The smallest absolute Gasteiger partial charge is 0.356 e. The van der Waals surface area contributed by atoms with Crippen LogP contribution in [0, 0.1) is 0 Å². The first-order chi connectivity index (χ1) is 19.4. The number of hydrogen-bond donors (Lipinski definition) is 1. The van der Waals surface area contributed by atoms with Crippen molar-refractivity contribution in [3.63, 3.8) is 0 Å². The summed E-state index contributed by atoms with van der Waals surface area (Å²) in [6.45, 7) is 4.58. The van der Waals surface area contributed by atoms with Crippen molar-refractivity contribution in [2.75, 3.05) is 45.6 Å². The van der Waals surface area contributed by atoms with Crippen LogP contribution in [0.2, 0.25) is 0 Å². The molecule has 214 valence electrons. The van der Waals surface area contributed by atoms with Gasteiger partial charge in [0.15, 0.2) is 21.7 Å². The van der Waals surface area contributed by atoms with Crippen LogP contribution in [0.3, 0.4) is 0 Å². The predicted octanol–water partition coefficient (Wildman–Crippen LogP) is 5.77. The van der Waals surface area contributed by atoms with Crippen molar-refractivity contribution in [1.29, 1.82) is 0 Å². The molecule has 11 nitrogen and oxygen atoms in total. The van der Waals surface area contributed by atoms with E-state index < -0.39 is 19.7 Å². The van der Waals surface area contributed by atoms with Gasteiger partial charge in [0.1, 0.15) is 19.1 Å². The minimum absolute atomic E-state index is 0.0943. The normalized spacial score (nSPS) is 13.4. The monoisotopic (exact) mass is 633 g/mol. The summed E-state index contributed by atoms with van der Waals surface area (Å²) in [5, 5.41) is 0. The lowest BCUT2D eigenvalue weighted by Crippen LogP contribution is -2.23. The Morgan fingerprint density at radius 1 is 0.925 bits per heavy atom. The minimum Gasteiger partial charge on any atom is -0.461 e. The lowest BCUT2D eigenvalue weighted by Gasteiger charge is -2.31. The standard InChI is InChI=1S/C27H33BrN5O6P/c1-4-38-40(34,39-5-2)18-37-23(20-14-10-7-11-15-20)22(19-12-8-6-9-13-19)33-25-21(30-26(33)28)24(29)31-27(32-25)36-17-16-35-3/h6-15,22-23H,4-5,16-18H2,1-3H3,(H2,29,31,32)/t22-,23-/m1/s1. The van der Waals surface area contributed by atoms with E-state index in [2.05, 4.69) is 30.9 Å². The molecule has 0 fully saturated rings. The predicted molar refractivity (Wildman–Crippen MR) is 155 cm³/mol. The van der Waals surface area contributed by atoms with Crippen molar-refractivity contribution >= 4 is 40.5 Å². The molecule has 2 aromatic heterocycles. The number of halogens is 1. The van der Waals surface area contributed by atoms with Crippen LogP contribution in [-0.2, 0) is 23.1 Å². The molecule has 4 aromatic rings. The molecular formula is C27H33BrN5O6P. The Morgan fingerprint density at radius 3 is 2.15 bits per heavy atom. The minimum atomic E-state index is -3.53. The molecule has 0 amide bonds. The molecule has 2 aromatic carbocycles. The van der Waals surface area contributed by atoms with E-state index in [1.165, 1.54) is 0 Å². The van der Waals surface area contributed by atoms with Crippen LogP contribution in [-0.4, -0.2) is 59.4 Å². The maximum Gasteiger partial charge on any atom is 0.356 e. The Morgan fingerprint density at radius 2 is 1.55 bits per heavy atom. The first kappa shape index (κ1) is 30.1. The number of imidazole rings is 1. The van der Waals surface area contributed by atoms with Gasteiger partial charge in [0.2, 0.25) is 0 Å². The zero-order valence-corrected chi connectivity index (χ0v) is 25.1. The molecule has 4 rings (SSSR count). The summed E-state index contributed by atoms with van der Waals surface area (Å²) in [5.41, 5.74) is 8.84. The van der Waals surface area contributed by atoms with Crippen LogP contribution in [0.25, 0.3) is 11.2 Å².